The Labute approximate surface area is 75.0 Å². The zero-order valence-corrected chi connectivity index (χ0v) is 7.62. The summed E-state index contributed by atoms with van der Waals surface area (Å²) in [6.45, 7) is 0. The van der Waals surface area contributed by atoms with E-state index in [1.54, 1.807) is 23.5 Å². The Hall–Kier alpha value is -0.320. The maximum Gasteiger partial charge on any atom is 0.154 e. The highest BCUT2D eigenvalue weighted by molar-refractivity contribution is 8.17. The highest BCUT2D eigenvalue weighted by atomic mass is 32.2. The second-order valence-corrected chi connectivity index (χ2v) is 5.00. The fraction of sp³-hybridized carbons (Fsp3) is 0.714. The van der Waals surface area contributed by atoms with Gasteiger partial charge in [0, 0.05) is 0 Å². The molecular formula is C7H8N2S2. The summed E-state index contributed by atoms with van der Waals surface area (Å²) in [6.07, 6.45) is 1.20. The average Bonchev–Trinajstić information content (AvgIpc) is 2.09. The first-order valence-corrected chi connectivity index (χ1v) is 5.50. The second kappa shape index (κ2) is 4.54. The van der Waals surface area contributed by atoms with Crippen LogP contribution in [-0.4, -0.2) is 16.1 Å². The summed E-state index contributed by atoms with van der Waals surface area (Å²) in [4.78, 5) is 0. The topological polar surface area (TPSA) is 47.6 Å². The minimum Gasteiger partial charge on any atom is -0.197 e. The minimum atomic E-state index is -0.426. The molecule has 0 radical (unpaired) electrons. The highest BCUT2D eigenvalue weighted by Crippen LogP contribution is 2.35. The van der Waals surface area contributed by atoms with Crippen molar-refractivity contribution in [3.05, 3.63) is 0 Å². The third-order valence-corrected chi connectivity index (χ3v) is 4.47. The smallest absolute Gasteiger partial charge is 0.154 e. The molecule has 0 atom stereocenters. The van der Waals surface area contributed by atoms with Crippen LogP contribution < -0.4 is 0 Å². The molecule has 0 saturated carbocycles. The largest absolute Gasteiger partial charge is 0.197 e. The molecule has 0 aromatic carbocycles. The maximum absolute atomic E-state index is 8.58. The molecule has 0 spiro atoms. The highest BCUT2D eigenvalue weighted by Gasteiger charge is 2.23. The molecule has 11 heavy (non-hydrogen) atoms. The lowest BCUT2D eigenvalue weighted by Gasteiger charge is -2.20. The predicted octanol–water partition coefficient (Wildman–Crippen LogP) is 1.85. The van der Waals surface area contributed by atoms with E-state index in [-0.39, 0.29) is 4.58 Å². The van der Waals surface area contributed by atoms with Crippen LogP contribution >= 0.6 is 23.5 Å². The van der Waals surface area contributed by atoms with Crippen molar-refractivity contribution in [1.29, 1.82) is 10.5 Å². The van der Waals surface area contributed by atoms with Gasteiger partial charge in [0.1, 0.15) is 0 Å². The number of nitrogens with zero attached hydrogens (tertiary/aromatic N) is 2. The van der Waals surface area contributed by atoms with Gasteiger partial charge in [-0.25, -0.2) is 0 Å². The number of hydrogen-bond acceptors (Lipinski definition) is 4. The summed E-state index contributed by atoms with van der Waals surface area (Å²) >= 11 is 3.48. The fourth-order valence-electron chi connectivity index (χ4n) is 0.849. The number of hydrogen-bond donors (Lipinski definition) is 0. The molecule has 1 rings (SSSR count). The van der Waals surface area contributed by atoms with Crippen LogP contribution in [0.1, 0.15) is 6.42 Å². The van der Waals surface area contributed by atoms with Crippen LogP contribution in [-0.2, 0) is 0 Å². The Kier molecular flexibility index (Phi) is 3.62. The van der Waals surface area contributed by atoms with Gasteiger partial charge in [-0.1, -0.05) is 0 Å². The molecule has 58 valence electrons. The zero-order chi connectivity index (χ0) is 8.10. The van der Waals surface area contributed by atoms with Crippen molar-refractivity contribution in [3.63, 3.8) is 0 Å². The molecule has 1 fully saturated rings. The molecule has 0 unspecified atom stereocenters. The first-order valence-electron chi connectivity index (χ1n) is 3.41. The summed E-state index contributed by atoms with van der Waals surface area (Å²) < 4.78 is 0.193. The van der Waals surface area contributed by atoms with Crippen molar-refractivity contribution < 1.29 is 0 Å². The van der Waals surface area contributed by atoms with Crippen LogP contribution in [0.25, 0.3) is 0 Å². The van der Waals surface area contributed by atoms with Crippen LogP contribution in [0.4, 0.5) is 0 Å². The van der Waals surface area contributed by atoms with E-state index >= 15 is 0 Å². The van der Waals surface area contributed by atoms with Gasteiger partial charge in [-0.3, -0.25) is 0 Å². The van der Waals surface area contributed by atoms with Crippen LogP contribution in [0.3, 0.4) is 0 Å². The van der Waals surface area contributed by atoms with Crippen molar-refractivity contribution in [2.24, 2.45) is 5.92 Å². The van der Waals surface area contributed by atoms with E-state index in [0.29, 0.717) is 0 Å². The van der Waals surface area contributed by atoms with Gasteiger partial charge in [-0.2, -0.15) is 10.5 Å². The van der Waals surface area contributed by atoms with E-state index in [0.717, 1.165) is 11.5 Å². The van der Waals surface area contributed by atoms with Crippen molar-refractivity contribution in [1.82, 2.24) is 0 Å². The molecule has 0 aliphatic carbocycles. The molecule has 2 nitrogen and oxygen atoms in total. The molecule has 1 heterocycles. The average molecular weight is 184 g/mol. The molecule has 0 amide bonds. The third kappa shape index (κ3) is 2.32. The lowest BCUT2D eigenvalue weighted by Crippen LogP contribution is -2.15. The van der Waals surface area contributed by atoms with E-state index in [4.69, 9.17) is 10.5 Å². The van der Waals surface area contributed by atoms with E-state index in [9.17, 15) is 0 Å². The van der Waals surface area contributed by atoms with E-state index in [1.165, 1.54) is 6.42 Å². The van der Waals surface area contributed by atoms with Gasteiger partial charge in [0.05, 0.1) is 16.7 Å². The van der Waals surface area contributed by atoms with E-state index in [2.05, 4.69) is 0 Å². The van der Waals surface area contributed by atoms with Crippen LogP contribution in [0.15, 0.2) is 0 Å². The standard InChI is InChI=1S/C7H8N2S2/c8-4-6(5-9)7-10-2-1-3-11-7/h6-7H,1-3H2. The lowest BCUT2D eigenvalue weighted by molar-refractivity contribution is 0.929. The Balaban J connectivity index is 2.46. The molecule has 1 aliphatic heterocycles. The third-order valence-electron chi connectivity index (χ3n) is 1.40. The molecular weight excluding hydrogens is 176 g/mol. The van der Waals surface area contributed by atoms with Crippen LogP contribution in [0, 0.1) is 28.6 Å². The summed E-state index contributed by atoms with van der Waals surface area (Å²) in [5.74, 6) is 1.76. The Morgan fingerprint density at radius 3 is 2.18 bits per heavy atom. The molecule has 0 aromatic heterocycles. The SMILES string of the molecule is N#CC(C#N)C1SCCCS1. The van der Waals surface area contributed by atoms with Gasteiger partial charge < -0.3 is 0 Å². The van der Waals surface area contributed by atoms with Crippen molar-refractivity contribution in [2.75, 3.05) is 11.5 Å². The van der Waals surface area contributed by atoms with Gasteiger partial charge in [-0.05, 0) is 17.9 Å². The van der Waals surface area contributed by atoms with Crippen molar-refractivity contribution >= 4 is 23.5 Å². The van der Waals surface area contributed by atoms with Gasteiger partial charge in [0.15, 0.2) is 5.92 Å². The summed E-state index contributed by atoms with van der Waals surface area (Å²) in [7, 11) is 0. The molecule has 0 aromatic rings. The first kappa shape index (κ1) is 8.77. The van der Waals surface area contributed by atoms with Gasteiger partial charge >= 0.3 is 0 Å². The molecule has 0 bridgehead atoms. The summed E-state index contributed by atoms with van der Waals surface area (Å²) in [5, 5.41) is 17.2. The quantitative estimate of drug-likeness (QED) is 0.624. The second-order valence-electron chi connectivity index (χ2n) is 2.20. The summed E-state index contributed by atoms with van der Waals surface area (Å²) in [6, 6.07) is 4.04. The normalized spacial score (nSPS) is 19.2. The predicted molar refractivity (Wildman–Crippen MR) is 48.0 cm³/mol. The Morgan fingerprint density at radius 2 is 1.73 bits per heavy atom. The number of thioether (sulfide) groups is 2. The number of nitriles is 2. The van der Waals surface area contributed by atoms with Gasteiger partial charge in [0.25, 0.3) is 0 Å². The monoisotopic (exact) mass is 184 g/mol. The van der Waals surface area contributed by atoms with E-state index in [1.807, 2.05) is 12.1 Å². The minimum absolute atomic E-state index is 0.193. The molecule has 4 heteroatoms. The fourth-order valence-corrected chi connectivity index (χ4v) is 3.71. The van der Waals surface area contributed by atoms with Crippen molar-refractivity contribution in [2.45, 2.75) is 11.0 Å². The number of rotatable bonds is 1. The zero-order valence-electron chi connectivity index (χ0n) is 5.99. The van der Waals surface area contributed by atoms with Crippen LogP contribution in [0.2, 0.25) is 0 Å². The maximum atomic E-state index is 8.58. The Bertz CT molecular complexity index is 183. The first-order chi connectivity index (χ1) is 5.38. The molecule has 0 N–H and O–H groups in total. The van der Waals surface area contributed by atoms with Gasteiger partial charge in [-0.15, -0.1) is 23.5 Å². The van der Waals surface area contributed by atoms with Gasteiger partial charge in [0.2, 0.25) is 0 Å². The summed E-state index contributed by atoms with van der Waals surface area (Å²) in [5.41, 5.74) is 0. The Morgan fingerprint density at radius 1 is 1.18 bits per heavy atom. The molecule has 1 saturated heterocycles. The lowest BCUT2D eigenvalue weighted by atomic mass is 10.2. The van der Waals surface area contributed by atoms with E-state index < -0.39 is 5.92 Å². The molecule has 1 aliphatic rings. The van der Waals surface area contributed by atoms with Crippen molar-refractivity contribution in [3.8, 4) is 12.1 Å². The van der Waals surface area contributed by atoms with Crippen LogP contribution in [0.5, 0.6) is 0 Å².